The molecule has 0 aliphatic carbocycles. The van der Waals surface area contributed by atoms with Gasteiger partial charge in [-0.2, -0.15) is 0 Å². The van der Waals surface area contributed by atoms with Crippen LogP contribution in [0.4, 0.5) is 0 Å². The first-order valence-electron chi connectivity index (χ1n) is 6.48. The third-order valence-corrected chi connectivity index (χ3v) is 4.16. The largest absolute Gasteiger partial charge is 0.350 e. The van der Waals surface area contributed by atoms with Crippen LogP contribution < -0.4 is 5.32 Å². The Morgan fingerprint density at radius 2 is 2.39 bits per heavy atom. The molecule has 0 saturated carbocycles. The molecule has 0 aromatic heterocycles. The number of halogens is 1. The summed E-state index contributed by atoms with van der Waals surface area (Å²) >= 11 is 2.23. The van der Waals surface area contributed by atoms with Crippen LogP contribution in [0.25, 0.3) is 0 Å². The Labute approximate surface area is 122 Å². The molecule has 0 bridgehead atoms. The second-order valence-electron chi connectivity index (χ2n) is 4.65. The zero-order chi connectivity index (χ0) is 13.0. The first-order valence-corrected chi connectivity index (χ1v) is 7.56. The van der Waals surface area contributed by atoms with Gasteiger partial charge in [0, 0.05) is 21.7 Å². The van der Waals surface area contributed by atoms with Gasteiger partial charge >= 0.3 is 0 Å². The zero-order valence-corrected chi connectivity index (χ0v) is 12.8. The summed E-state index contributed by atoms with van der Waals surface area (Å²) in [5.74, 6) is 0.0384. The van der Waals surface area contributed by atoms with Crippen LogP contribution in [0.5, 0.6) is 0 Å². The van der Waals surface area contributed by atoms with Crippen LogP contribution >= 0.6 is 22.6 Å². The number of benzene rings is 1. The van der Waals surface area contributed by atoms with Crippen LogP contribution in [-0.2, 0) is 0 Å². The molecule has 1 aliphatic heterocycles. The van der Waals surface area contributed by atoms with Crippen LogP contribution in [0.2, 0.25) is 0 Å². The van der Waals surface area contributed by atoms with E-state index in [1.165, 1.54) is 19.4 Å². The van der Waals surface area contributed by atoms with E-state index in [-0.39, 0.29) is 5.91 Å². The minimum absolute atomic E-state index is 0.0384. The highest BCUT2D eigenvalue weighted by molar-refractivity contribution is 14.1. The lowest BCUT2D eigenvalue weighted by atomic mass is 10.2. The summed E-state index contributed by atoms with van der Waals surface area (Å²) in [7, 11) is 0. The molecular weight excluding hydrogens is 339 g/mol. The number of hydrogen-bond acceptors (Lipinski definition) is 2. The summed E-state index contributed by atoms with van der Waals surface area (Å²) in [6.07, 6.45) is 2.44. The van der Waals surface area contributed by atoms with E-state index in [9.17, 15) is 4.79 Å². The third kappa shape index (κ3) is 3.45. The molecule has 1 heterocycles. The van der Waals surface area contributed by atoms with E-state index < -0.39 is 0 Å². The smallest absolute Gasteiger partial charge is 0.251 e. The lowest BCUT2D eigenvalue weighted by Gasteiger charge is -2.22. The number of carbonyl (C=O) groups is 1. The molecule has 18 heavy (non-hydrogen) atoms. The molecule has 1 aromatic carbocycles. The molecule has 3 nitrogen and oxygen atoms in total. The third-order valence-electron chi connectivity index (χ3n) is 3.49. The summed E-state index contributed by atoms with van der Waals surface area (Å²) in [4.78, 5) is 14.5. The normalized spacial score (nSPS) is 20.0. The standard InChI is InChI=1S/C14H19IN2O/c1-2-17-8-4-7-13(17)10-16-14(18)11-5-3-6-12(15)9-11/h3,5-6,9,13H,2,4,7-8,10H2,1H3,(H,16,18)/t13-/m1/s1. The van der Waals surface area contributed by atoms with Crippen LogP contribution in [0, 0.1) is 3.57 Å². The Kier molecular flexibility index (Phi) is 5.00. The minimum Gasteiger partial charge on any atom is -0.350 e. The van der Waals surface area contributed by atoms with Crippen LogP contribution in [0.15, 0.2) is 24.3 Å². The fraction of sp³-hybridized carbons (Fsp3) is 0.500. The van der Waals surface area contributed by atoms with Crippen molar-refractivity contribution in [2.24, 2.45) is 0 Å². The van der Waals surface area contributed by atoms with Crippen LogP contribution in [0.3, 0.4) is 0 Å². The topological polar surface area (TPSA) is 32.3 Å². The van der Waals surface area contributed by atoms with Crippen LogP contribution in [0.1, 0.15) is 30.1 Å². The van der Waals surface area contributed by atoms with Crippen molar-refractivity contribution in [3.8, 4) is 0 Å². The molecule has 1 saturated heterocycles. The van der Waals surface area contributed by atoms with Crippen molar-refractivity contribution in [2.75, 3.05) is 19.6 Å². The SMILES string of the molecule is CCN1CCC[C@@H]1CNC(=O)c1cccc(I)c1. The van der Waals surface area contributed by atoms with Gasteiger partial charge in [-0.1, -0.05) is 13.0 Å². The molecular formula is C14H19IN2O. The van der Waals surface area contributed by atoms with E-state index in [1.54, 1.807) is 0 Å². The Bertz CT molecular complexity index is 422. The summed E-state index contributed by atoms with van der Waals surface area (Å²) in [6, 6.07) is 8.21. The molecule has 1 amide bonds. The van der Waals surface area contributed by atoms with Crippen molar-refractivity contribution >= 4 is 28.5 Å². The second-order valence-corrected chi connectivity index (χ2v) is 5.89. The molecule has 1 fully saturated rings. The number of hydrogen-bond donors (Lipinski definition) is 1. The Balaban J connectivity index is 1.88. The van der Waals surface area contributed by atoms with E-state index in [0.717, 1.165) is 22.2 Å². The first-order chi connectivity index (χ1) is 8.70. The average molecular weight is 358 g/mol. The molecule has 98 valence electrons. The van der Waals surface area contributed by atoms with Crippen molar-refractivity contribution in [1.82, 2.24) is 10.2 Å². The quantitative estimate of drug-likeness (QED) is 0.839. The number of rotatable bonds is 4. The average Bonchev–Trinajstić information content (AvgIpc) is 2.83. The predicted molar refractivity (Wildman–Crippen MR) is 81.8 cm³/mol. The van der Waals surface area contributed by atoms with Crippen molar-refractivity contribution in [3.05, 3.63) is 33.4 Å². The van der Waals surface area contributed by atoms with Crippen molar-refractivity contribution < 1.29 is 4.79 Å². The Morgan fingerprint density at radius 1 is 1.56 bits per heavy atom. The van der Waals surface area contributed by atoms with Gasteiger partial charge in [-0.15, -0.1) is 0 Å². The van der Waals surface area contributed by atoms with Crippen molar-refractivity contribution in [2.45, 2.75) is 25.8 Å². The lowest BCUT2D eigenvalue weighted by Crippen LogP contribution is -2.40. The van der Waals surface area contributed by atoms with Gasteiger partial charge in [0.05, 0.1) is 0 Å². The molecule has 0 spiro atoms. The number of likely N-dealkylation sites (N-methyl/N-ethyl adjacent to an activating group) is 1. The Hall–Kier alpha value is -0.620. The van der Waals surface area contributed by atoms with Gasteiger partial charge in [-0.3, -0.25) is 9.69 Å². The maximum absolute atomic E-state index is 12.0. The van der Waals surface area contributed by atoms with Gasteiger partial charge in [-0.25, -0.2) is 0 Å². The number of amides is 1. The van der Waals surface area contributed by atoms with Gasteiger partial charge in [0.15, 0.2) is 0 Å². The minimum atomic E-state index is 0.0384. The van der Waals surface area contributed by atoms with Crippen molar-refractivity contribution in [3.63, 3.8) is 0 Å². The van der Waals surface area contributed by atoms with Crippen LogP contribution in [-0.4, -0.2) is 36.5 Å². The van der Waals surface area contributed by atoms with Gasteiger partial charge in [0.2, 0.25) is 0 Å². The molecule has 1 aliphatic rings. The predicted octanol–water partition coefficient (Wildman–Crippen LogP) is 2.51. The molecule has 0 radical (unpaired) electrons. The van der Waals surface area contributed by atoms with Gasteiger partial charge < -0.3 is 5.32 Å². The van der Waals surface area contributed by atoms with Gasteiger partial charge in [0.1, 0.15) is 0 Å². The highest BCUT2D eigenvalue weighted by Gasteiger charge is 2.23. The summed E-state index contributed by atoms with van der Waals surface area (Å²) < 4.78 is 1.09. The summed E-state index contributed by atoms with van der Waals surface area (Å²) in [5, 5.41) is 3.05. The van der Waals surface area contributed by atoms with E-state index >= 15 is 0 Å². The number of nitrogens with zero attached hydrogens (tertiary/aromatic N) is 1. The maximum atomic E-state index is 12.0. The first kappa shape index (κ1) is 13.8. The molecule has 0 unspecified atom stereocenters. The lowest BCUT2D eigenvalue weighted by molar-refractivity contribution is 0.0941. The fourth-order valence-corrected chi connectivity index (χ4v) is 3.03. The van der Waals surface area contributed by atoms with E-state index in [4.69, 9.17) is 0 Å². The molecule has 1 N–H and O–H groups in total. The van der Waals surface area contributed by atoms with Crippen molar-refractivity contribution in [1.29, 1.82) is 0 Å². The van der Waals surface area contributed by atoms with E-state index in [0.29, 0.717) is 6.04 Å². The zero-order valence-electron chi connectivity index (χ0n) is 10.7. The number of nitrogens with one attached hydrogen (secondary N) is 1. The molecule has 2 rings (SSSR count). The molecule has 4 heteroatoms. The van der Waals surface area contributed by atoms with E-state index in [2.05, 4.69) is 39.7 Å². The Morgan fingerprint density at radius 3 is 3.11 bits per heavy atom. The highest BCUT2D eigenvalue weighted by atomic mass is 127. The fourth-order valence-electron chi connectivity index (χ4n) is 2.48. The van der Waals surface area contributed by atoms with Gasteiger partial charge in [-0.05, 0) is 66.7 Å². The maximum Gasteiger partial charge on any atom is 0.251 e. The molecule has 1 atom stereocenters. The second kappa shape index (κ2) is 6.52. The summed E-state index contributed by atoms with van der Waals surface area (Å²) in [5.41, 5.74) is 0.753. The summed E-state index contributed by atoms with van der Waals surface area (Å²) in [6.45, 7) is 5.18. The number of carbonyl (C=O) groups excluding carboxylic acids is 1. The molecule has 1 aromatic rings. The van der Waals surface area contributed by atoms with E-state index in [1.807, 2.05) is 24.3 Å². The highest BCUT2D eigenvalue weighted by Crippen LogP contribution is 2.15. The van der Waals surface area contributed by atoms with Gasteiger partial charge in [0.25, 0.3) is 5.91 Å². The number of likely N-dealkylation sites (tertiary alicyclic amines) is 1. The monoisotopic (exact) mass is 358 g/mol.